The Labute approximate surface area is 185 Å². The number of carbonyl (C=O) groups excluding carboxylic acids is 1. The predicted octanol–water partition coefficient (Wildman–Crippen LogP) is 4.40. The number of carbonyl (C=O) groups is 2. The van der Waals surface area contributed by atoms with Crippen LogP contribution in [0.5, 0.6) is 17.2 Å². The Morgan fingerprint density at radius 2 is 1.91 bits per heavy atom. The minimum absolute atomic E-state index is 0.187. The van der Waals surface area contributed by atoms with Crippen LogP contribution in [-0.2, 0) is 16.1 Å². The molecule has 4 rings (SSSR count). The fourth-order valence-electron chi connectivity index (χ4n) is 4.20. The maximum atomic E-state index is 13.0. The lowest BCUT2D eigenvalue weighted by Crippen LogP contribution is -2.35. The van der Waals surface area contributed by atoms with Crippen molar-refractivity contribution in [2.24, 2.45) is 5.41 Å². The monoisotopic (exact) mass is 444 g/mol. The van der Waals surface area contributed by atoms with E-state index in [2.05, 4.69) is 0 Å². The first-order valence-corrected chi connectivity index (χ1v) is 10.5. The molecule has 8 heteroatoms. The number of hydrogen-bond acceptors (Lipinski definition) is 6. The highest BCUT2D eigenvalue weighted by molar-refractivity contribution is 5.94. The van der Waals surface area contributed by atoms with Crippen molar-refractivity contribution in [1.29, 1.82) is 0 Å². The van der Waals surface area contributed by atoms with Gasteiger partial charge in [-0.25, -0.2) is 4.79 Å². The normalized spacial score (nSPS) is 16.7. The molecule has 1 aliphatic heterocycles. The summed E-state index contributed by atoms with van der Waals surface area (Å²) in [6.45, 7) is -0.372. The second kappa shape index (κ2) is 8.68. The summed E-state index contributed by atoms with van der Waals surface area (Å²) in [5.74, 6) is -0.232. The van der Waals surface area contributed by atoms with Gasteiger partial charge >= 0.3 is 11.9 Å². The summed E-state index contributed by atoms with van der Waals surface area (Å²) in [5.41, 5.74) is 1.63. The van der Waals surface area contributed by atoms with Crippen molar-refractivity contribution in [2.75, 3.05) is 20.9 Å². The molecule has 2 aromatic carbocycles. The number of halogens is 1. The molecule has 0 bridgehead atoms. The number of benzene rings is 2. The van der Waals surface area contributed by atoms with Gasteiger partial charge in [-0.3, -0.25) is 9.18 Å². The number of methoxy groups -OCH3 is 2. The quantitative estimate of drug-likeness (QED) is 0.543. The lowest BCUT2D eigenvalue weighted by molar-refractivity contribution is -0.147. The minimum atomic E-state index is -1.04. The van der Waals surface area contributed by atoms with Gasteiger partial charge in [0.05, 0.1) is 26.5 Å². The van der Waals surface area contributed by atoms with Crippen molar-refractivity contribution in [3.05, 3.63) is 41.5 Å². The number of aliphatic carboxylic acids is 1. The second-order valence-corrected chi connectivity index (χ2v) is 8.02. The predicted molar refractivity (Wildman–Crippen MR) is 113 cm³/mol. The number of alkyl halides is 1. The maximum Gasteiger partial charge on any atom is 0.338 e. The summed E-state index contributed by atoms with van der Waals surface area (Å²) >= 11 is 0. The molecule has 0 radical (unpaired) electrons. The summed E-state index contributed by atoms with van der Waals surface area (Å²) in [6, 6.07) is 8.84. The second-order valence-electron chi connectivity index (χ2n) is 8.02. The van der Waals surface area contributed by atoms with Crippen molar-refractivity contribution in [1.82, 2.24) is 0 Å². The SMILES string of the molecule is COc1ccc(-c2ccc3c(c2)COC3=O)c(OC(CCCF)C2(C(=O)O)CC2)c1OC. The molecular formula is C24H25FO7. The Balaban J connectivity index is 1.80. The van der Waals surface area contributed by atoms with E-state index in [1.807, 2.05) is 6.07 Å². The number of cyclic esters (lactones) is 1. The Bertz CT molecular complexity index is 1040. The number of carboxylic acid groups (broad SMARTS) is 1. The molecule has 1 atom stereocenters. The first kappa shape index (κ1) is 21.9. The summed E-state index contributed by atoms with van der Waals surface area (Å²) < 4.78 is 35.4. The number of carboxylic acids is 1. The number of rotatable bonds is 10. The molecule has 170 valence electrons. The molecule has 1 saturated carbocycles. The lowest BCUT2D eigenvalue weighted by atomic mass is 9.94. The smallest absolute Gasteiger partial charge is 0.338 e. The molecule has 0 spiro atoms. The van der Waals surface area contributed by atoms with E-state index in [0.29, 0.717) is 41.2 Å². The minimum Gasteiger partial charge on any atom is -0.493 e. The number of ether oxygens (including phenoxy) is 4. The van der Waals surface area contributed by atoms with Gasteiger partial charge in [0.15, 0.2) is 11.5 Å². The van der Waals surface area contributed by atoms with Crippen molar-refractivity contribution in [3.63, 3.8) is 0 Å². The molecular weight excluding hydrogens is 419 g/mol. The molecule has 2 aromatic rings. The van der Waals surface area contributed by atoms with Gasteiger partial charge in [0.2, 0.25) is 5.75 Å². The third-order valence-electron chi connectivity index (χ3n) is 6.19. The number of hydrogen-bond donors (Lipinski definition) is 1. The molecule has 1 fully saturated rings. The first-order valence-electron chi connectivity index (χ1n) is 10.5. The van der Waals surface area contributed by atoms with Crippen LogP contribution in [0.2, 0.25) is 0 Å². The van der Waals surface area contributed by atoms with Crippen LogP contribution in [0, 0.1) is 5.41 Å². The first-order chi connectivity index (χ1) is 15.4. The van der Waals surface area contributed by atoms with Gasteiger partial charge in [0.1, 0.15) is 18.1 Å². The molecule has 1 unspecified atom stereocenters. The van der Waals surface area contributed by atoms with E-state index in [9.17, 15) is 19.1 Å². The molecule has 32 heavy (non-hydrogen) atoms. The zero-order valence-electron chi connectivity index (χ0n) is 18.0. The van der Waals surface area contributed by atoms with E-state index in [1.165, 1.54) is 14.2 Å². The van der Waals surface area contributed by atoms with Crippen LogP contribution in [0.4, 0.5) is 4.39 Å². The van der Waals surface area contributed by atoms with Gasteiger partial charge in [-0.2, -0.15) is 0 Å². The Hall–Kier alpha value is -3.29. The zero-order valence-corrected chi connectivity index (χ0v) is 18.0. The third-order valence-corrected chi connectivity index (χ3v) is 6.19. The average molecular weight is 444 g/mol. The maximum absolute atomic E-state index is 13.0. The molecule has 1 aliphatic carbocycles. The Kier molecular flexibility index (Phi) is 5.95. The van der Waals surface area contributed by atoms with Crippen LogP contribution in [0.3, 0.4) is 0 Å². The molecule has 0 amide bonds. The van der Waals surface area contributed by atoms with E-state index < -0.39 is 24.2 Å². The molecule has 7 nitrogen and oxygen atoms in total. The van der Waals surface area contributed by atoms with Crippen LogP contribution >= 0.6 is 0 Å². The summed E-state index contributed by atoms with van der Waals surface area (Å²) in [6.07, 6.45) is 0.669. The van der Waals surface area contributed by atoms with Crippen molar-refractivity contribution in [3.8, 4) is 28.4 Å². The van der Waals surface area contributed by atoms with Crippen molar-refractivity contribution >= 4 is 11.9 Å². The molecule has 1 N–H and O–H groups in total. The zero-order chi connectivity index (χ0) is 22.9. The van der Waals surface area contributed by atoms with Crippen LogP contribution in [-0.4, -0.2) is 44.0 Å². The van der Waals surface area contributed by atoms with E-state index in [-0.39, 0.29) is 25.4 Å². The molecule has 2 aliphatic rings. The highest BCUT2D eigenvalue weighted by Gasteiger charge is 2.57. The van der Waals surface area contributed by atoms with Crippen LogP contribution in [0.25, 0.3) is 11.1 Å². The van der Waals surface area contributed by atoms with Gasteiger partial charge in [0, 0.05) is 11.1 Å². The van der Waals surface area contributed by atoms with Gasteiger partial charge in [-0.05, 0) is 55.5 Å². The van der Waals surface area contributed by atoms with E-state index in [0.717, 1.165) is 11.1 Å². The highest BCUT2D eigenvalue weighted by atomic mass is 19.1. The van der Waals surface area contributed by atoms with E-state index in [4.69, 9.17) is 18.9 Å². The van der Waals surface area contributed by atoms with E-state index >= 15 is 0 Å². The van der Waals surface area contributed by atoms with Crippen LogP contribution < -0.4 is 14.2 Å². The van der Waals surface area contributed by atoms with Gasteiger partial charge in [0.25, 0.3) is 0 Å². The number of esters is 1. The van der Waals surface area contributed by atoms with Crippen LogP contribution in [0.15, 0.2) is 30.3 Å². The standard InChI is InChI=1S/C24H25FO7/c1-29-18-8-7-16(14-5-6-17-15(12-14)13-31-22(17)26)20(21(18)30-2)32-19(4-3-11-25)24(9-10-24)23(27)28/h5-8,12,19H,3-4,9-11,13H2,1-2H3,(H,27,28). The fourth-order valence-corrected chi connectivity index (χ4v) is 4.20. The lowest BCUT2D eigenvalue weighted by Gasteiger charge is -2.27. The Morgan fingerprint density at radius 3 is 2.53 bits per heavy atom. The molecule has 1 heterocycles. The van der Waals surface area contributed by atoms with Crippen LogP contribution in [0.1, 0.15) is 41.6 Å². The fraction of sp³-hybridized carbons (Fsp3) is 0.417. The molecule has 0 aromatic heterocycles. The summed E-state index contributed by atoms with van der Waals surface area (Å²) in [5, 5.41) is 9.82. The number of fused-ring (bicyclic) bond motifs is 1. The summed E-state index contributed by atoms with van der Waals surface area (Å²) in [4.78, 5) is 23.8. The van der Waals surface area contributed by atoms with Crippen molar-refractivity contribution < 1.29 is 38.0 Å². The van der Waals surface area contributed by atoms with Crippen molar-refractivity contribution in [2.45, 2.75) is 38.4 Å². The van der Waals surface area contributed by atoms with Gasteiger partial charge < -0.3 is 24.1 Å². The van der Waals surface area contributed by atoms with Gasteiger partial charge in [-0.1, -0.05) is 6.07 Å². The largest absolute Gasteiger partial charge is 0.493 e. The topological polar surface area (TPSA) is 91.3 Å². The highest BCUT2D eigenvalue weighted by Crippen LogP contribution is 2.54. The third kappa shape index (κ3) is 3.74. The molecule has 0 saturated heterocycles. The summed E-state index contributed by atoms with van der Waals surface area (Å²) in [7, 11) is 2.98. The van der Waals surface area contributed by atoms with E-state index in [1.54, 1.807) is 24.3 Å². The average Bonchev–Trinajstić information content (AvgIpc) is 3.54. The Morgan fingerprint density at radius 1 is 1.16 bits per heavy atom. The van der Waals surface area contributed by atoms with Gasteiger partial charge in [-0.15, -0.1) is 0 Å².